The molecule has 0 saturated carbocycles. The van der Waals surface area contributed by atoms with Gasteiger partial charge in [0.15, 0.2) is 5.96 Å². The molecule has 2 heterocycles. The van der Waals surface area contributed by atoms with Crippen LogP contribution in [0.25, 0.3) is 0 Å². The second-order valence-electron chi connectivity index (χ2n) is 6.40. The normalized spacial score (nSPS) is 20.3. The molecule has 2 unspecified atom stereocenters. The summed E-state index contributed by atoms with van der Waals surface area (Å²) in [6.45, 7) is 4.33. The van der Waals surface area contributed by atoms with Crippen molar-refractivity contribution >= 4 is 29.9 Å². The summed E-state index contributed by atoms with van der Waals surface area (Å²) in [5, 5.41) is 10.6. The van der Waals surface area contributed by atoms with Gasteiger partial charge in [-0.1, -0.05) is 35.0 Å². The van der Waals surface area contributed by atoms with Gasteiger partial charge in [-0.05, 0) is 25.3 Å². The fourth-order valence-corrected chi connectivity index (χ4v) is 3.13. The van der Waals surface area contributed by atoms with Crippen LogP contribution in [0.15, 0.2) is 46.1 Å². The SMILES string of the molecule is CN=C(NCc1ccon1)NCC1CCCOC1c1ccc(C)cc1.I. The predicted octanol–water partition coefficient (Wildman–Crippen LogP) is 3.43. The van der Waals surface area contributed by atoms with Crippen LogP contribution in [-0.2, 0) is 11.3 Å². The summed E-state index contributed by atoms with van der Waals surface area (Å²) >= 11 is 0. The molecule has 1 aliphatic heterocycles. The Morgan fingerprint density at radius 1 is 1.23 bits per heavy atom. The summed E-state index contributed by atoms with van der Waals surface area (Å²) in [6.07, 6.45) is 3.94. The number of nitrogens with zero attached hydrogens (tertiary/aromatic N) is 2. The topological polar surface area (TPSA) is 71.7 Å². The summed E-state index contributed by atoms with van der Waals surface area (Å²) in [6, 6.07) is 10.5. The van der Waals surface area contributed by atoms with Crippen LogP contribution in [0.1, 0.15) is 35.8 Å². The molecule has 142 valence electrons. The molecule has 2 atom stereocenters. The van der Waals surface area contributed by atoms with E-state index >= 15 is 0 Å². The largest absolute Gasteiger partial charge is 0.373 e. The van der Waals surface area contributed by atoms with Gasteiger partial charge in [-0.15, -0.1) is 24.0 Å². The van der Waals surface area contributed by atoms with E-state index in [9.17, 15) is 0 Å². The van der Waals surface area contributed by atoms with E-state index in [0.29, 0.717) is 12.5 Å². The van der Waals surface area contributed by atoms with E-state index in [4.69, 9.17) is 9.26 Å². The number of nitrogens with one attached hydrogen (secondary N) is 2. The van der Waals surface area contributed by atoms with Crippen molar-refractivity contribution in [2.75, 3.05) is 20.2 Å². The minimum Gasteiger partial charge on any atom is -0.373 e. The molecule has 0 radical (unpaired) electrons. The molecule has 2 aromatic rings. The predicted molar refractivity (Wildman–Crippen MR) is 113 cm³/mol. The first kappa shape index (κ1) is 20.7. The third-order valence-electron chi connectivity index (χ3n) is 4.53. The number of ether oxygens (including phenoxy) is 1. The second-order valence-corrected chi connectivity index (χ2v) is 6.40. The highest BCUT2D eigenvalue weighted by Crippen LogP contribution is 2.33. The first-order chi connectivity index (χ1) is 12.3. The average molecular weight is 470 g/mol. The van der Waals surface area contributed by atoms with Crippen LogP contribution in [0.3, 0.4) is 0 Å². The molecule has 2 N–H and O–H groups in total. The summed E-state index contributed by atoms with van der Waals surface area (Å²) in [7, 11) is 1.77. The number of hydrogen-bond acceptors (Lipinski definition) is 4. The molecular formula is C19H27IN4O2. The van der Waals surface area contributed by atoms with Gasteiger partial charge in [0.2, 0.25) is 0 Å². The molecular weight excluding hydrogens is 443 g/mol. The first-order valence-corrected chi connectivity index (χ1v) is 8.78. The van der Waals surface area contributed by atoms with E-state index < -0.39 is 0 Å². The van der Waals surface area contributed by atoms with Gasteiger partial charge in [-0.3, -0.25) is 4.99 Å². The third kappa shape index (κ3) is 5.70. The van der Waals surface area contributed by atoms with Crippen molar-refractivity contribution in [2.45, 2.75) is 32.4 Å². The number of guanidine groups is 1. The van der Waals surface area contributed by atoms with Crippen LogP contribution in [-0.4, -0.2) is 31.3 Å². The molecule has 26 heavy (non-hydrogen) atoms. The minimum absolute atomic E-state index is 0. The molecule has 1 aromatic heterocycles. The maximum atomic E-state index is 6.08. The van der Waals surface area contributed by atoms with Gasteiger partial charge in [0.25, 0.3) is 0 Å². The van der Waals surface area contributed by atoms with E-state index in [1.54, 1.807) is 13.3 Å². The van der Waals surface area contributed by atoms with Gasteiger partial charge in [-0.25, -0.2) is 0 Å². The van der Waals surface area contributed by atoms with Crippen LogP contribution in [0.5, 0.6) is 0 Å². The van der Waals surface area contributed by atoms with E-state index in [0.717, 1.165) is 37.6 Å². The number of rotatable bonds is 5. The molecule has 1 saturated heterocycles. The minimum atomic E-state index is 0. The van der Waals surface area contributed by atoms with Gasteiger partial charge >= 0.3 is 0 Å². The highest BCUT2D eigenvalue weighted by atomic mass is 127. The highest BCUT2D eigenvalue weighted by molar-refractivity contribution is 14.0. The molecule has 1 fully saturated rings. The van der Waals surface area contributed by atoms with Crippen molar-refractivity contribution in [3.05, 3.63) is 53.4 Å². The van der Waals surface area contributed by atoms with Gasteiger partial charge < -0.3 is 19.9 Å². The Morgan fingerprint density at radius 2 is 2.04 bits per heavy atom. The zero-order valence-corrected chi connectivity index (χ0v) is 17.6. The zero-order chi connectivity index (χ0) is 17.5. The lowest BCUT2D eigenvalue weighted by Crippen LogP contribution is -2.41. The van der Waals surface area contributed by atoms with Crippen LogP contribution >= 0.6 is 24.0 Å². The number of benzene rings is 1. The van der Waals surface area contributed by atoms with E-state index in [-0.39, 0.29) is 30.1 Å². The molecule has 3 rings (SSSR count). The number of aryl methyl sites for hydroxylation is 1. The summed E-state index contributed by atoms with van der Waals surface area (Å²) < 4.78 is 10.9. The van der Waals surface area contributed by atoms with Crippen molar-refractivity contribution < 1.29 is 9.26 Å². The molecule has 6 nitrogen and oxygen atoms in total. The van der Waals surface area contributed by atoms with E-state index in [2.05, 4.69) is 52.0 Å². The maximum Gasteiger partial charge on any atom is 0.191 e. The molecule has 1 aromatic carbocycles. The Labute approximate surface area is 171 Å². The zero-order valence-electron chi connectivity index (χ0n) is 15.3. The first-order valence-electron chi connectivity index (χ1n) is 8.78. The Bertz CT molecular complexity index is 673. The quantitative estimate of drug-likeness (QED) is 0.398. The monoisotopic (exact) mass is 470 g/mol. The molecule has 0 amide bonds. The molecule has 7 heteroatoms. The molecule has 0 spiro atoms. The summed E-state index contributed by atoms with van der Waals surface area (Å²) in [4.78, 5) is 4.28. The maximum absolute atomic E-state index is 6.08. The van der Waals surface area contributed by atoms with Crippen molar-refractivity contribution in [3.63, 3.8) is 0 Å². The number of aliphatic imine (C=N–C) groups is 1. The van der Waals surface area contributed by atoms with Gasteiger partial charge in [0.1, 0.15) is 12.0 Å². The van der Waals surface area contributed by atoms with Gasteiger partial charge in [0, 0.05) is 32.2 Å². The van der Waals surface area contributed by atoms with E-state index in [1.807, 2.05) is 6.07 Å². The van der Waals surface area contributed by atoms with Crippen LogP contribution in [0, 0.1) is 12.8 Å². The Morgan fingerprint density at radius 3 is 2.73 bits per heavy atom. The molecule has 0 aliphatic carbocycles. The summed E-state index contributed by atoms with van der Waals surface area (Å²) in [5.74, 6) is 1.18. The number of aromatic nitrogens is 1. The fraction of sp³-hybridized carbons (Fsp3) is 0.474. The lowest BCUT2D eigenvalue weighted by atomic mass is 9.89. The van der Waals surface area contributed by atoms with Crippen molar-refractivity contribution in [1.82, 2.24) is 15.8 Å². The fourth-order valence-electron chi connectivity index (χ4n) is 3.13. The van der Waals surface area contributed by atoms with Crippen LogP contribution < -0.4 is 10.6 Å². The van der Waals surface area contributed by atoms with Crippen LogP contribution in [0.2, 0.25) is 0 Å². The second kappa shape index (κ2) is 10.5. The standard InChI is InChI=1S/C19H26N4O2.HI/c1-14-5-7-15(8-6-14)18-16(4-3-10-24-18)12-21-19(20-2)22-13-17-9-11-25-23-17;/h5-9,11,16,18H,3-4,10,12-13H2,1-2H3,(H2,20,21,22);1H. The van der Waals surface area contributed by atoms with Crippen LogP contribution in [0.4, 0.5) is 0 Å². The van der Waals surface area contributed by atoms with Crippen molar-refractivity contribution in [3.8, 4) is 0 Å². The highest BCUT2D eigenvalue weighted by Gasteiger charge is 2.27. The average Bonchev–Trinajstić information content (AvgIpc) is 3.16. The Hall–Kier alpha value is -1.61. The smallest absolute Gasteiger partial charge is 0.191 e. The number of halogens is 1. The third-order valence-corrected chi connectivity index (χ3v) is 4.53. The van der Waals surface area contributed by atoms with Gasteiger partial charge in [-0.2, -0.15) is 0 Å². The lowest BCUT2D eigenvalue weighted by molar-refractivity contribution is -0.0265. The molecule has 1 aliphatic rings. The van der Waals surface area contributed by atoms with Gasteiger partial charge in [0.05, 0.1) is 12.6 Å². The Balaban J connectivity index is 0.00000243. The van der Waals surface area contributed by atoms with Crippen molar-refractivity contribution in [1.29, 1.82) is 0 Å². The number of hydrogen-bond donors (Lipinski definition) is 2. The van der Waals surface area contributed by atoms with E-state index in [1.165, 1.54) is 11.1 Å². The Kier molecular flexibility index (Phi) is 8.37. The lowest BCUT2D eigenvalue weighted by Gasteiger charge is -2.32. The van der Waals surface area contributed by atoms with Crippen molar-refractivity contribution in [2.24, 2.45) is 10.9 Å². The summed E-state index contributed by atoms with van der Waals surface area (Å²) in [5.41, 5.74) is 3.37. The molecule has 0 bridgehead atoms.